The Kier molecular flexibility index (Phi) is 4.04. The number of carboxylic acid groups (broad SMARTS) is 1. The van der Waals surface area contributed by atoms with Crippen molar-refractivity contribution in [1.29, 1.82) is 0 Å². The van der Waals surface area contributed by atoms with E-state index < -0.39 is 12.0 Å². The van der Waals surface area contributed by atoms with Crippen molar-refractivity contribution in [3.8, 4) is 0 Å². The Morgan fingerprint density at radius 3 is 2.63 bits per heavy atom. The molecule has 5 heteroatoms. The first kappa shape index (κ1) is 13.4. The molecular weight excluding hydrogens is 244 g/mol. The molecule has 102 valence electrons. The number of likely N-dealkylation sites (tertiary alicyclic amines) is 1. The summed E-state index contributed by atoms with van der Waals surface area (Å²) in [6, 6.07) is 6.04. The summed E-state index contributed by atoms with van der Waals surface area (Å²) in [4.78, 5) is 25.2. The highest BCUT2D eigenvalue weighted by molar-refractivity contribution is 6.00. The van der Waals surface area contributed by atoms with Gasteiger partial charge in [-0.05, 0) is 25.0 Å². The van der Waals surface area contributed by atoms with Crippen molar-refractivity contribution in [3.05, 3.63) is 29.8 Å². The molecule has 1 saturated heterocycles. The van der Waals surface area contributed by atoms with Gasteiger partial charge in [-0.2, -0.15) is 0 Å². The summed E-state index contributed by atoms with van der Waals surface area (Å²) in [6.07, 6.45) is 3.14. The normalized spacial score (nSPS) is 19.8. The van der Waals surface area contributed by atoms with Crippen LogP contribution in [0.4, 0.5) is 5.69 Å². The molecule has 1 amide bonds. The molecule has 1 aliphatic rings. The standard InChI is InChI=1S/C14H18N2O3/c15-11-7-4-3-6-10(11)13(17)16-9-5-1-2-8-12(16)14(18)19/h3-4,6-7,12H,1-2,5,8-9,15H2,(H,18,19). The number of nitrogens with zero attached hydrogens (tertiary/aromatic N) is 1. The molecule has 3 N–H and O–H groups in total. The zero-order valence-corrected chi connectivity index (χ0v) is 10.7. The largest absolute Gasteiger partial charge is 0.480 e. The highest BCUT2D eigenvalue weighted by Gasteiger charge is 2.31. The van der Waals surface area contributed by atoms with Crippen LogP contribution in [0.15, 0.2) is 24.3 Å². The summed E-state index contributed by atoms with van der Waals surface area (Å²) < 4.78 is 0. The fourth-order valence-corrected chi connectivity index (χ4v) is 2.45. The second-order valence-electron chi connectivity index (χ2n) is 4.79. The van der Waals surface area contributed by atoms with Gasteiger partial charge in [-0.25, -0.2) is 4.79 Å². The molecule has 0 aromatic heterocycles. The number of hydrogen-bond donors (Lipinski definition) is 2. The zero-order chi connectivity index (χ0) is 13.8. The maximum Gasteiger partial charge on any atom is 0.326 e. The molecule has 1 aromatic carbocycles. The Morgan fingerprint density at radius 2 is 1.95 bits per heavy atom. The Bertz CT molecular complexity index is 487. The lowest BCUT2D eigenvalue weighted by Gasteiger charge is -2.27. The van der Waals surface area contributed by atoms with Crippen LogP contribution in [0.2, 0.25) is 0 Å². The van der Waals surface area contributed by atoms with E-state index in [1.165, 1.54) is 4.90 Å². The van der Waals surface area contributed by atoms with E-state index in [1.807, 2.05) is 0 Å². The average molecular weight is 262 g/mol. The van der Waals surface area contributed by atoms with Crippen molar-refractivity contribution < 1.29 is 14.7 Å². The molecule has 1 aromatic rings. The maximum absolute atomic E-state index is 12.5. The Hall–Kier alpha value is -2.04. The number of nitrogens with two attached hydrogens (primary N) is 1. The highest BCUT2D eigenvalue weighted by atomic mass is 16.4. The minimum atomic E-state index is -0.940. The van der Waals surface area contributed by atoms with Crippen molar-refractivity contribution in [2.45, 2.75) is 31.7 Å². The Morgan fingerprint density at radius 1 is 1.21 bits per heavy atom. The number of anilines is 1. The predicted octanol–water partition coefficient (Wildman–Crippen LogP) is 1.74. The van der Waals surface area contributed by atoms with Crippen LogP contribution < -0.4 is 5.73 Å². The summed E-state index contributed by atoms with van der Waals surface area (Å²) in [6.45, 7) is 0.476. The Balaban J connectivity index is 2.29. The lowest BCUT2D eigenvalue weighted by Crippen LogP contribution is -2.44. The number of para-hydroxylation sites is 1. The molecule has 0 spiro atoms. The van der Waals surface area contributed by atoms with E-state index in [2.05, 4.69) is 0 Å². The van der Waals surface area contributed by atoms with Gasteiger partial charge < -0.3 is 15.7 Å². The third kappa shape index (κ3) is 2.86. The molecular formula is C14H18N2O3. The molecule has 2 rings (SSSR count). The summed E-state index contributed by atoms with van der Waals surface area (Å²) in [5, 5.41) is 9.27. The third-order valence-electron chi connectivity index (χ3n) is 3.49. The third-order valence-corrected chi connectivity index (χ3v) is 3.49. The molecule has 1 aliphatic heterocycles. The van der Waals surface area contributed by atoms with Gasteiger partial charge in [0.05, 0.1) is 5.56 Å². The van der Waals surface area contributed by atoms with Crippen LogP contribution in [0.25, 0.3) is 0 Å². The van der Waals surface area contributed by atoms with Crippen molar-refractivity contribution in [2.75, 3.05) is 12.3 Å². The topological polar surface area (TPSA) is 83.6 Å². The van der Waals surface area contributed by atoms with Crippen LogP contribution >= 0.6 is 0 Å². The van der Waals surface area contributed by atoms with Crippen LogP contribution in [-0.4, -0.2) is 34.5 Å². The van der Waals surface area contributed by atoms with Gasteiger partial charge in [0.2, 0.25) is 0 Å². The lowest BCUT2D eigenvalue weighted by molar-refractivity contribution is -0.142. The summed E-state index contributed by atoms with van der Waals surface area (Å²) >= 11 is 0. The van der Waals surface area contributed by atoms with Crippen molar-refractivity contribution >= 4 is 17.6 Å². The SMILES string of the molecule is Nc1ccccc1C(=O)N1CCCCCC1C(=O)O. The van der Waals surface area contributed by atoms with Gasteiger partial charge in [-0.1, -0.05) is 25.0 Å². The molecule has 1 fully saturated rings. The second kappa shape index (κ2) is 5.73. The molecule has 1 atom stereocenters. The molecule has 1 heterocycles. The molecule has 0 aliphatic carbocycles. The van der Waals surface area contributed by atoms with E-state index in [1.54, 1.807) is 24.3 Å². The molecule has 0 bridgehead atoms. The minimum Gasteiger partial charge on any atom is -0.480 e. The van der Waals surface area contributed by atoms with Crippen LogP contribution in [-0.2, 0) is 4.79 Å². The first-order valence-corrected chi connectivity index (χ1v) is 6.49. The van der Waals surface area contributed by atoms with Gasteiger partial charge in [-0.15, -0.1) is 0 Å². The van der Waals surface area contributed by atoms with E-state index >= 15 is 0 Å². The second-order valence-corrected chi connectivity index (χ2v) is 4.79. The molecule has 0 radical (unpaired) electrons. The van der Waals surface area contributed by atoms with Gasteiger partial charge in [0.1, 0.15) is 6.04 Å². The molecule has 19 heavy (non-hydrogen) atoms. The predicted molar refractivity (Wildman–Crippen MR) is 71.8 cm³/mol. The number of carbonyl (C=O) groups is 2. The zero-order valence-electron chi connectivity index (χ0n) is 10.7. The van der Waals surface area contributed by atoms with E-state index in [-0.39, 0.29) is 5.91 Å². The quantitative estimate of drug-likeness (QED) is 0.795. The molecule has 5 nitrogen and oxygen atoms in total. The van der Waals surface area contributed by atoms with Crippen LogP contribution in [0, 0.1) is 0 Å². The highest BCUT2D eigenvalue weighted by Crippen LogP contribution is 2.21. The van der Waals surface area contributed by atoms with Gasteiger partial charge >= 0.3 is 5.97 Å². The fourth-order valence-electron chi connectivity index (χ4n) is 2.45. The number of aliphatic carboxylic acids is 1. The Labute approximate surface area is 112 Å². The van der Waals surface area contributed by atoms with Crippen molar-refractivity contribution in [2.24, 2.45) is 0 Å². The van der Waals surface area contributed by atoms with Crippen LogP contribution in [0.1, 0.15) is 36.0 Å². The lowest BCUT2D eigenvalue weighted by atomic mass is 10.1. The van der Waals surface area contributed by atoms with E-state index in [9.17, 15) is 14.7 Å². The monoisotopic (exact) mass is 262 g/mol. The number of nitrogen functional groups attached to an aromatic ring is 1. The summed E-state index contributed by atoms with van der Waals surface area (Å²) in [7, 11) is 0. The number of amides is 1. The van der Waals surface area contributed by atoms with Gasteiger partial charge in [-0.3, -0.25) is 4.79 Å². The fraction of sp³-hybridized carbons (Fsp3) is 0.429. The molecule has 1 unspecified atom stereocenters. The number of hydrogen-bond acceptors (Lipinski definition) is 3. The number of rotatable bonds is 2. The van der Waals surface area contributed by atoms with Gasteiger partial charge in [0, 0.05) is 12.2 Å². The number of benzene rings is 1. The average Bonchev–Trinajstić information content (AvgIpc) is 2.64. The van der Waals surface area contributed by atoms with E-state index in [0.29, 0.717) is 24.2 Å². The smallest absolute Gasteiger partial charge is 0.326 e. The van der Waals surface area contributed by atoms with Gasteiger partial charge in [0.25, 0.3) is 5.91 Å². The van der Waals surface area contributed by atoms with Crippen molar-refractivity contribution in [1.82, 2.24) is 4.90 Å². The van der Waals surface area contributed by atoms with E-state index in [4.69, 9.17) is 5.73 Å². The minimum absolute atomic E-state index is 0.285. The molecule has 0 saturated carbocycles. The van der Waals surface area contributed by atoms with E-state index in [0.717, 1.165) is 19.3 Å². The van der Waals surface area contributed by atoms with Crippen LogP contribution in [0.3, 0.4) is 0 Å². The van der Waals surface area contributed by atoms with Gasteiger partial charge in [0.15, 0.2) is 0 Å². The van der Waals surface area contributed by atoms with Crippen LogP contribution in [0.5, 0.6) is 0 Å². The first-order valence-electron chi connectivity index (χ1n) is 6.49. The number of carbonyl (C=O) groups excluding carboxylic acids is 1. The first-order chi connectivity index (χ1) is 9.11. The summed E-state index contributed by atoms with van der Waals surface area (Å²) in [5.74, 6) is -1.22. The van der Waals surface area contributed by atoms with Crippen molar-refractivity contribution in [3.63, 3.8) is 0 Å². The maximum atomic E-state index is 12.5. The summed E-state index contributed by atoms with van der Waals surface area (Å²) in [5.41, 5.74) is 6.57. The number of carboxylic acids is 1.